The lowest BCUT2D eigenvalue weighted by Crippen LogP contribution is -2.43. The SMILES string of the molecule is NC(=O)ON(CC1CCN(c2ccncc2)CC1)C(=O)Cc1cccc(Cl)c1. The van der Waals surface area contributed by atoms with E-state index in [1.165, 1.54) is 0 Å². The van der Waals surface area contributed by atoms with Crippen molar-refractivity contribution in [3.05, 3.63) is 59.4 Å². The first-order chi connectivity index (χ1) is 13.5. The number of halogens is 1. The van der Waals surface area contributed by atoms with E-state index >= 15 is 0 Å². The number of amides is 2. The number of hydroxylamine groups is 2. The van der Waals surface area contributed by atoms with Crippen LogP contribution in [0, 0.1) is 5.92 Å². The third-order valence-corrected chi connectivity index (χ3v) is 5.02. The number of nitrogens with zero attached hydrogens (tertiary/aromatic N) is 3. The number of benzene rings is 1. The second kappa shape index (κ2) is 9.41. The van der Waals surface area contributed by atoms with Crippen LogP contribution >= 0.6 is 11.6 Å². The van der Waals surface area contributed by atoms with E-state index < -0.39 is 6.09 Å². The Labute approximate surface area is 169 Å². The largest absolute Gasteiger partial charge is 0.429 e. The van der Waals surface area contributed by atoms with Crippen LogP contribution in [0.4, 0.5) is 10.5 Å². The Morgan fingerprint density at radius 3 is 2.57 bits per heavy atom. The van der Waals surface area contributed by atoms with Crippen LogP contribution in [0.15, 0.2) is 48.8 Å². The van der Waals surface area contributed by atoms with Crippen LogP contribution < -0.4 is 10.6 Å². The van der Waals surface area contributed by atoms with Crippen LogP contribution in [0.25, 0.3) is 0 Å². The molecule has 2 heterocycles. The molecule has 0 spiro atoms. The minimum Gasteiger partial charge on any atom is -0.371 e. The van der Waals surface area contributed by atoms with Crippen molar-refractivity contribution in [2.45, 2.75) is 19.3 Å². The zero-order chi connectivity index (χ0) is 19.9. The monoisotopic (exact) mass is 402 g/mol. The third kappa shape index (κ3) is 5.60. The molecule has 28 heavy (non-hydrogen) atoms. The topological polar surface area (TPSA) is 88.8 Å². The van der Waals surface area contributed by atoms with Crippen molar-refractivity contribution in [1.29, 1.82) is 0 Å². The third-order valence-electron chi connectivity index (χ3n) is 4.79. The average Bonchev–Trinajstić information content (AvgIpc) is 2.68. The second-order valence-electron chi connectivity index (χ2n) is 6.81. The van der Waals surface area contributed by atoms with Crippen molar-refractivity contribution in [3.63, 3.8) is 0 Å². The van der Waals surface area contributed by atoms with E-state index in [0.29, 0.717) is 11.6 Å². The molecule has 1 fully saturated rings. The summed E-state index contributed by atoms with van der Waals surface area (Å²) in [5.41, 5.74) is 7.05. The number of pyridine rings is 1. The summed E-state index contributed by atoms with van der Waals surface area (Å²) >= 11 is 5.97. The van der Waals surface area contributed by atoms with Crippen LogP contribution in [0.3, 0.4) is 0 Å². The van der Waals surface area contributed by atoms with Crippen LogP contribution in [0.2, 0.25) is 5.02 Å². The predicted molar refractivity (Wildman–Crippen MR) is 107 cm³/mol. The molecule has 0 aliphatic carbocycles. The van der Waals surface area contributed by atoms with Gasteiger partial charge in [-0.15, -0.1) is 0 Å². The summed E-state index contributed by atoms with van der Waals surface area (Å²) in [5, 5.41) is 1.65. The molecule has 0 radical (unpaired) electrons. The highest BCUT2D eigenvalue weighted by molar-refractivity contribution is 6.30. The van der Waals surface area contributed by atoms with Gasteiger partial charge in [0.1, 0.15) is 0 Å². The van der Waals surface area contributed by atoms with E-state index in [9.17, 15) is 9.59 Å². The van der Waals surface area contributed by atoms with Crippen LogP contribution in [-0.2, 0) is 16.1 Å². The molecule has 0 atom stereocenters. The number of carbonyl (C=O) groups is 2. The molecule has 2 aromatic rings. The van der Waals surface area contributed by atoms with Gasteiger partial charge < -0.3 is 15.5 Å². The maximum absolute atomic E-state index is 12.7. The Hall–Kier alpha value is -2.80. The Balaban J connectivity index is 1.58. The Kier molecular flexibility index (Phi) is 6.71. The van der Waals surface area contributed by atoms with Gasteiger partial charge in [0, 0.05) is 36.2 Å². The minimum absolute atomic E-state index is 0.0870. The molecule has 0 saturated carbocycles. The highest BCUT2D eigenvalue weighted by atomic mass is 35.5. The molecule has 8 heteroatoms. The number of nitrogens with two attached hydrogens (primary N) is 1. The summed E-state index contributed by atoms with van der Waals surface area (Å²) in [5.74, 6) is -0.0987. The van der Waals surface area contributed by atoms with E-state index in [1.807, 2.05) is 12.1 Å². The first-order valence-corrected chi connectivity index (χ1v) is 9.56. The number of hydrogen-bond acceptors (Lipinski definition) is 5. The molecule has 2 N–H and O–H groups in total. The lowest BCUT2D eigenvalue weighted by atomic mass is 9.96. The number of piperidine rings is 1. The minimum atomic E-state index is -0.992. The average molecular weight is 403 g/mol. The van der Waals surface area contributed by atoms with Crippen LogP contribution in [-0.4, -0.2) is 41.7 Å². The number of rotatable bonds is 5. The van der Waals surface area contributed by atoms with Gasteiger partial charge in [0.2, 0.25) is 0 Å². The van der Waals surface area contributed by atoms with Gasteiger partial charge in [-0.3, -0.25) is 9.78 Å². The molecule has 0 bridgehead atoms. The van der Waals surface area contributed by atoms with Crippen molar-refractivity contribution in [3.8, 4) is 0 Å². The van der Waals surface area contributed by atoms with Crippen LogP contribution in [0.5, 0.6) is 0 Å². The highest BCUT2D eigenvalue weighted by Crippen LogP contribution is 2.24. The maximum atomic E-state index is 12.7. The van der Waals surface area contributed by atoms with Gasteiger partial charge in [-0.05, 0) is 48.6 Å². The molecule has 1 aromatic carbocycles. The van der Waals surface area contributed by atoms with Crippen molar-refractivity contribution < 1.29 is 14.4 Å². The standard InChI is InChI=1S/C20H23ClN4O3/c21-17-3-1-2-16(12-17)13-19(26)25(28-20(22)27)14-15-6-10-24(11-7-15)18-4-8-23-9-5-18/h1-5,8-9,12,15H,6-7,10-11,13-14H2,(H2,22,27). The smallest absolute Gasteiger partial charge is 0.371 e. The maximum Gasteiger partial charge on any atom is 0.429 e. The summed E-state index contributed by atoms with van der Waals surface area (Å²) in [6, 6.07) is 11.0. The fraction of sp³-hybridized carbons (Fsp3) is 0.350. The van der Waals surface area contributed by atoms with Crippen molar-refractivity contribution in [1.82, 2.24) is 10.0 Å². The highest BCUT2D eigenvalue weighted by Gasteiger charge is 2.26. The number of anilines is 1. The second-order valence-corrected chi connectivity index (χ2v) is 7.24. The molecule has 2 amide bonds. The molecular formula is C20H23ClN4O3. The molecule has 7 nitrogen and oxygen atoms in total. The first-order valence-electron chi connectivity index (χ1n) is 9.18. The zero-order valence-electron chi connectivity index (χ0n) is 15.5. The summed E-state index contributed by atoms with van der Waals surface area (Å²) in [7, 11) is 0. The van der Waals surface area contributed by atoms with E-state index in [0.717, 1.165) is 42.2 Å². The molecule has 0 unspecified atom stereocenters. The summed E-state index contributed by atoms with van der Waals surface area (Å²) in [4.78, 5) is 35.2. The number of hydrogen-bond donors (Lipinski definition) is 1. The summed E-state index contributed by atoms with van der Waals surface area (Å²) < 4.78 is 0. The van der Waals surface area contributed by atoms with Gasteiger partial charge >= 0.3 is 6.09 Å². The van der Waals surface area contributed by atoms with Gasteiger partial charge in [0.05, 0.1) is 13.0 Å². The van der Waals surface area contributed by atoms with Gasteiger partial charge in [-0.1, -0.05) is 23.7 Å². The molecule has 1 aromatic heterocycles. The number of carbonyl (C=O) groups excluding carboxylic acids is 2. The lowest BCUT2D eigenvalue weighted by molar-refractivity contribution is -0.167. The molecule has 1 saturated heterocycles. The molecule has 1 aliphatic rings. The molecule has 1 aliphatic heterocycles. The summed E-state index contributed by atoms with van der Waals surface area (Å²) in [6.07, 6.45) is 4.41. The lowest BCUT2D eigenvalue weighted by Gasteiger charge is -2.35. The van der Waals surface area contributed by atoms with E-state index in [-0.39, 0.29) is 18.2 Å². The van der Waals surface area contributed by atoms with Crippen LogP contribution in [0.1, 0.15) is 18.4 Å². The van der Waals surface area contributed by atoms with Crippen molar-refractivity contribution >= 4 is 29.3 Å². The number of primary amides is 1. The van der Waals surface area contributed by atoms with Crippen molar-refractivity contribution in [2.75, 3.05) is 24.5 Å². The molecule has 3 rings (SSSR count). The Morgan fingerprint density at radius 2 is 1.93 bits per heavy atom. The van der Waals surface area contributed by atoms with E-state index in [1.54, 1.807) is 36.7 Å². The van der Waals surface area contributed by atoms with Gasteiger partial charge in [-0.2, -0.15) is 5.06 Å². The molecular weight excluding hydrogens is 380 g/mol. The Bertz CT molecular complexity index is 810. The first kappa shape index (κ1) is 19.9. The van der Waals surface area contributed by atoms with Gasteiger partial charge in [0.25, 0.3) is 5.91 Å². The van der Waals surface area contributed by atoms with E-state index in [2.05, 4.69) is 9.88 Å². The van der Waals surface area contributed by atoms with Crippen molar-refractivity contribution in [2.24, 2.45) is 11.7 Å². The fourth-order valence-corrected chi connectivity index (χ4v) is 3.58. The van der Waals surface area contributed by atoms with Gasteiger partial charge in [0.15, 0.2) is 0 Å². The normalized spacial score (nSPS) is 14.5. The predicted octanol–water partition coefficient (Wildman–Crippen LogP) is 3.03. The fourth-order valence-electron chi connectivity index (χ4n) is 3.37. The quantitative estimate of drug-likeness (QED) is 0.776. The number of aromatic nitrogens is 1. The molecule has 148 valence electrons. The Morgan fingerprint density at radius 1 is 1.21 bits per heavy atom. The van der Waals surface area contributed by atoms with E-state index in [4.69, 9.17) is 22.2 Å². The summed E-state index contributed by atoms with van der Waals surface area (Å²) in [6.45, 7) is 2.05. The zero-order valence-corrected chi connectivity index (χ0v) is 16.2. The van der Waals surface area contributed by atoms with Gasteiger partial charge in [-0.25, -0.2) is 4.79 Å².